The molecule has 0 spiro atoms. The van der Waals surface area contributed by atoms with Crippen LogP contribution in [0.3, 0.4) is 0 Å². The van der Waals surface area contributed by atoms with E-state index >= 15 is 0 Å². The van der Waals surface area contributed by atoms with Crippen molar-refractivity contribution >= 4 is 23.1 Å². The summed E-state index contributed by atoms with van der Waals surface area (Å²) in [6.07, 6.45) is -4.63. The Kier molecular flexibility index (Phi) is 5.72. The standard InChI is InChI=1S/C25H16F5NO3/c1-13-12-14(6-11-18(13)26)22(32)20-21(17-4-2-3-5-19(17)27)31(24(34)23(20)33)16-9-7-15(8-10-16)25(28,29)30/h2-12,21,32H,1H3/b22-20+. The number of amides is 1. The van der Waals surface area contributed by atoms with Crippen molar-refractivity contribution in [2.75, 3.05) is 4.90 Å². The van der Waals surface area contributed by atoms with Crippen molar-refractivity contribution in [3.63, 3.8) is 0 Å². The van der Waals surface area contributed by atoms with Gasteiger partial charge in [-0.2, -0.15) is 13.2 Å². The fourth-order valence-electron chi connectivity index (χ4n) is 3.85. The summed E-state index contributed by atoms with van der Waals surface area (Å²) in [5.74, 6) is -4.34. The van der Waals surface area contributed by atoms with Crippen LogP contribution in [0.5, 0.6) is 0 Å². The molecule has 1 unspecified atom stereocenters. The van der Waals surface area contributed by atoms with Crippen molar-refractivity contribution < 1.29 is 36.6 Å². The van der Waals surface area contributed by atoms with Gasteiger partial charge in [-0.25, -0.2) is 8.78 Å². The highest BCUT2D eigenvalue weighted by atomic mass is 19.4. The number of anilines is 1. The van der Waals surface area contributed by atoms with Gasteiger partial charge in [-0.3, -0.25) is 14.5 Å². The largest absolute Gasteiger partial charge is 0.507 e. The quantitative estimate of drug-likeness (QED) is 0.222. The summed E-state index contributed by atoms with van der Waals surface area (Å²) in [5.41, 5.74) is -1.52. The minimum Gasteiger partial charge on any atom is -0.507 e. The molecule has 0 aromatic heterocycles. The molecule has 3 aromatic rings. The number of alkyl halides is 3. The summed E-state index contributed by atoms with van der Waals surface area (Å²) in [5, 5.41) is 10.9. The van der Waals surface area contributed by atoms with E-state index in [1.165, 1.54) is 37.3 Å². The molecule has 1 saturated heterocycles. The fraction of sp³-hybridized carbons (Fsp3) is 0.120. The molecular formula is C25H16F5NO3. The summed E-state index contributed by atoms with van der Waals surface area (Å²) in [6.45, 7) is 1.43. The van der Waals surface area contributed by atoms with E-state index in [0.29, 0.717) is 0 Å². The molecule has 1 aliphatic rings. The number of carbonyl (C=O) groups is 2. The second-order valence-electron chi connectivity index (χ2n) is 7.70. The molecule has 1 aliphatic heterocycles. The van der Waals surface area contributed by atoms with Crippen LogP contribution in [0.15, 0.2) is 72.3 Å². The van der Waals surface area contributed by atoms with Gasteiger partial charge in [0, 0.05) is 16.8 Å². The molecule has 4 nitrogen and oxygen atoms in total. The number of rotatable bonds is 3. The van der Waals surface area contributed by atoms with Gasteiger partial charge in [0.25, 0.3) is 11.7 Å². The zero-order valence-corrected chi connectivity index (χ0v) is 17.5. The highest BCUT2D eigenvalue weighted by Gasteiger charge is 2.48. The molecule has 3 aromatic carbocycles. The van der Waals surface area contributed by atoms with E-state index in [1.807, 2.05) is 0 Å². The summed E-state index contributed by atoms with van der Waals surface area (Å²) >= 11 is 0. The monoisotopic (exact) mass is 473 g/mol. The zero-order valence-electron chi connectivity index (χ0n) is 17.5. The number of aliphatic hydroxyl groups is 1. The van der Waals surface area contributed by atoms with Crippen LogP contribution >= 0.6 is 0 Å². The molecule has 174 valence electrons. The Morgan fingerprint density at radius 3 is 2.15 bits per heavy atom. The number of aryl methyl sites for hydroxylation is 1. The second kappa shape index (κ2) is 8.40. The number of ketones is 1. The van der Waals surface area contributed by atoms with E-state index in [4.69, 9.17) is 0 Å². The van der Waals surface area contributed by atoms with Crippen LogP contribution in [0, 0.1) is 18.6 Å². The van der Waals surface area contributed by atoms with Gasteiger partial charge in [0.05, 0.1) is 17.2 Å². The topological polar surface area (TPSA) is 57.6 Å². The van der Waals surface area contributed by atoms with E-state index in [0.717, 1.165) is 41.3 Å². The molecule has 1 N–H and O–H groups in total. The van der Waals surface area contributed by atoms with Crippen molar-refractivity contribution in [3.05, 3.63) is 106 Å². The Labute approximate surface area is 190 Å². The van der Waals surface area contributed by atoms with Gasteiger partial charge in [0.15, 0.2) is 0 Å². The minimum absolute atomic E-state index is 0.0191. The Bertz CT molecular complexity index is 1330. The lowest BCUT2D eigenvalue weighted by Gasteiger charge is -2.26. The van der Waals surface area contributed by atoms with Gasteiger partial charge in [-0.15, -0.1) is 0 Å². The lowest BCUT2D eigenvalue weighted by atomic mass is 9.94. The number of hydrogen-bond acceptors (Lipinski definition) is 3. The van der Waals surface area contributed by atoms with Crippen molar-refractivity contribution in [3.8, 4) is 0 Å². The SMILES string of the molecule is Cc1cc(/C(O)=C2\C(=O)C(=O)N(c3ccc(C(F)(F)F)cc3)C2c2ccccc2F)ccc1F. The highest BCUT2D eigenvalue weighted by Crippen LogP contribution is 2.43. The number of benzene rings is 3. The molecule has 1 atom stereocenters. The third-order valence-electron chi connectivity index (χ3n) is 5.55. The number of nitrogens with zero attached hydrogens (tertiary/aromatic N) is 1. The van der Waals surface area contributed by atoms with Gasteiger partial charge in [-0.05, 0) is 61.0 Å². The first-order valence-corrected chi connectivity index (χ1v) is 10.00. The molecule has 0 saturated carbocycles. The van der Waals surface area contributed by atoms with Crippen molar-refractivity contribution in [2.24, 2.45) is 0 Å². The molecule has 34 heavy (non-hydrogen) atoms. The Balaban J connectivity index is 1.93. The van der Waals surface area contributed by atoms with Crippen LogP contribution in [-0.4, -0.2) is 16.8 Å². The van der Waals surface area contributed by atoms with E-state index in [9.17, 15) is 36.6 Å². The van der Waals surface area contributed by atoms with E-state index in [1.54, 1.807) is 0 Å². The molecular weight excluding hydrogens is 457 g/mol. The van der Waals surface area contributed by atoms with Crippen LogP contribution in [0.4, 0.5) is 27.6 Å². The Morgan fingerprint density at radius 2 is 1.56 bits per heavy atom. The maximum Gasteiger partial charge on any atom is 0.416 e. The number of halogens is 5. The zero-order chi connectivity index (χ0) is 24.8. The van der Waals surface area contributed by atoms with Crippen LogP contribution in [0.2, 0.25) is 0 Å². The number of hydrogen-bond donors (Lipinski definition) is 1. The fourth-order valence-corrected chi connectivity index (χ4v) is 3.85. The normalized spacial score (nSPS) is 17.9. The van der Waals surface area contributed by atoms with Gasteiger partial charge >= 0.3 is 6.18 Å². The Hall–Kier alpha value is -4.01. The third-order valence-corrected chi connectivity index (χ3v) is 5.55. The summed E-state index contributed by atoms with van der Waals surface area (Å²) in [7, 11) is 0. The molecule has 0 bridgehead atoms. The first-order chi connectivity index (χ1) is 16.0. The third kappa shape index (κ3) is 3.93. The Morgan fingerprint density at radius 1 is 0.912 bits per heavy atom. The predicted molar refractivity (Wildman–Crippen MR) is 114 cm³/mol. The van der Waals surface area contributed by atoms with Crippen molar-refractivity contribution in [2.45, 2.75) is 19.1 Å². The average molecular weight is 473 g/mol. The van der Waals surface area contributed by atoms with E-state index in [-0.39, 0.29) is 22.4 Å². The van der Waals surface area contributed by atoms with Gasteiger partial charge in [0.1, 0.15) is 17.4 Å². The number of Topliss-reactive ketones (excluding diaryl/α,β-unsaturated/α-hetero) is 1. The molecule has 0 aliphatic carbocycles. The van der Waals surface area contributed by atoms with Crippen LogP contribution in [0.1, 0.15) is 28.3 Å². The van der Waals surface area contributed by atoms with Crippen molar-refractivity contribution in [1.29, 1.82) is 0 Å². The van der Waals surface area contributed by atoms with Gasteiger partial charge in [-0.1, -0.05) is 18.2 Å². The number of aliphatic hydroxyl groups excluding tert-OH is 1. The molecule has 1 fully saturated rings. The van der Waals surface area contributed by atoms with Crippen LogP contribution < -0.4 is 4.90 Å². The molecule has 4 rings (SSSR count). The first kappa shape index (κ1) is 23.2. The van der Waals surface area contributed by atoms with Crippen LogP contribution in [-0.2, 0) is 15.8 Å². The highest BCUT2D eigenvalue weighted by molar-refractivity contribution is 6.51. The average Bonchev–Trinajstić information content (AvgIpc) is 3.05. The molecule has 1 heterocycles. The smallest absolute Gasteiger partial charge is 0.416 e. The summed E-state index contributed by atoms with van der Waals surface area (Å²) in [4.78, 5) is 26.8. The van der Waals surface area contributed by atoms with Crippen molar-refractivity contribution in [1.82, 2.24) is 0 Å². The van der Waals surface area contributed by atoms with Crippen LogP contribution in [0.25, 0.3) is 5.76 Å². The maximum absolute atomic E-state index is 14.8. The minimum atomic E-state index is -4.63. The molecule has 0 radical (unpaired) electrons. The predicted octanol–water partition coefficient (Wildman–Crippen LogP) is 5.92. The van der Waals surface area contributed by atoms with E-state index < -0.39 is 52.4 Å². The summed E-state index contributed by atoms with van der Waals surface area (Å²) in [6, 6.07) is 10.7. The summed E-state index contributed by atoms with van der Waals surface area (Å²) < 4.78 is 67.5. The lowest BCUT2D eigenvalue weighted by Crippen LogP contribution is -2.30. The lowest BCUT2D eigenvalue weighted by molar-refractivity contribution is -0.137. The molecule has 1 amide bonds. The maximum atomic E-state index is 14.8. The molecule has 9 heteroatoms. The van der Waals surface area contributed by atoms with Gasteiger partial charge in [0.2, 0.25) is 0 Å². The first-order valence-electron chi connectivity index (χ1n) is 10.00. The van der Waals surface area contributed by atoms with E-state index in [2.05, 4.69) is 0 Å². The second-order valence-corrected chi connectivity index (χ2v) is 7.70. The number of carbonyl (C=O) groups excluding carboxylic acids is 2. The van der Waals surface area contributed by atoms with Gasteiger partial charge < -0.3 is 5.11 Å².